The highest BCUT2D eigenvalue weighted by Gasteiger charge is 2.19. The quantitative estimate of drug-likeness (QED) is 0.830. The molecule has 1 aromatic heterocycles. The zero-order chi connectivity index (χ0) is 12.1. The van der Waals surface area contributed by atoms with E-state index in [-0.39, 0.29) is 0 Å². The van der Waals surface area contributed by atoms with Crippen molar-refractivity contribution in [2.75, 3.05) is 26.7 Å². The summed E-state index contributed by atoms with van der Waals surface area (Å²) in [7, 11) is 1.65. The maximum atomic E-state index is 5.68. The van der Waals surface area contributed by atoms with Crippen molar-refractivity contribution < 1.29 is 9.26 Å². The number of nitrogens with two attached hydrogens (primary N) is 1. The maximum Gasteiger partial charge on any atom is 0.162 e. The number of hydrogen-bond donors (Lipinski definition) is 1. The molecule has 0 aliphatic carbocycles. The maximum absolute atomic E-state index is 5.68. The molecule has 1 saturated heterocycles. The molecule has 1 aromatic rings. The van der Waals surface area contributed by atoms with E-state index in [0.717, 1.165) is 37.6 Å². The lowest BCUT2D eigenvalue weighted by Gasteiger charge is -2.30. The van der Waals surface area contributed by atoms with E-state index in [0.29, 0.717) is 12.5 Å². The third-order valence-electron chi connectivity index (χ3n) is 3.32. The average molecular weight is 239 g/mol. The summed E-state index contributed by atoms with van der Waals surface area (Å²) in [6.45, 7) is 4.38. The first kappa shape index (κ1) is 12.5. The van der Waals surface area contributed by atoms with E-state index in [1.54, 1.807) is 7.11 Å². The van der Waals surface area contributed by atoms with Crippen molar-refractivity contribution >= 4 is 0 Å². The largest absolute Gasteiger partial charge is 0.377 e. The first-order valence-corrected chi connectivity index (χ1v) is 6.17. The molecule has 0 unspecified atom stereocenters. The van der Waals surface area contributed by atoms with Crippen LogP contribution in [0.5, 0.6) is 0 Å². The topological polar surface area (TPSA) is 64.5 Å². The van der Waals surface area contributed by atoms with E-state index in [1.165, 1.54) is 12.8 Å². The molecule has 2 rings (SSSR count). The molecule has 1 aliphatic heterocycles. The number of nitrogens with zero attached hydrogens (tertiary/aromatic N) is 2. The summed E-state index contributed by atoms with van der Waals surface area (Å²) in [5.74, 6) is 1.49. The minimum absolute atomic E-state index is 0.488. The number of methoxy groups -OCH3 is 1. The molecule has 0 aromatic carbocycles. The van der Waals surface area contributed by atoms with Crippen molar-refractivity contribution in [1.29, 1.82) is 0 Å². The molecule has 96 valence electrons. The predicted octanol–water partition coefficient (Wildman–Crippen LogP) is 0.992. The lowest BCUT2D eigenvalue weighted by atomic mass is 9.97. The van der Waals surface area contributed by atoms with Gasteiger partial charge >= 0.3 is 0 Å². The lowest BCUT2D eigenvalue weighted by molar-refractivity contribution is 0.154. The number of hydrogen-bond acceptors (Lipinski definition) is 5. The summed E-state index contributed by atoms with van der Waals surface area (Å²) in [4.78, 5) is 2.40. The Morgan fingerprint density at radius 2 is 2.29 bits per heavy atom. The second-order valence-corrected chi connectivity index (χ2v) is 4.67. The zero-order valence-corrected chi connectivity index (χ0v) is 10.4. The van der Waals surface area contributed by atoms with Gasteiger partial charge in [-0.05, 0) is 38.4 Å². The molecule has 1 fully saturated rings. The molecule has 0 radical (unpaired) electrons. The Kier molecular flexibility index (Phi) is 4.53. The van der Waals surface area contributed by atoms with E-state index in [9.17, 15) is 0 Å². The monoisotopic (exact) mass is 239 g/mol. The van der Waals surface area contributed by atoms with Crippen molar-refractivity contribution in [3.8, 4) is 0 Å². The fourth-order valence-electron chi connectivity index (χ4n) is 2.25. The summed E-state index contributed by atoms with van der Waals surface area (Å²) in [6.07, 6.45) is 2.39. The molecule has 0 saturated carbocycles. The average Bonchev–Trinajstić information content (AvgIpc) is 2.78. The van der Waals surface area contributed by atoms with Crippen molar-refractivity contribution in [2.24, 2.45) is 11.7 Å². The van der Waals surface area contributed by atoms with Gasteiger partial charge in [0.15, 0.2) is 5.76 Å². The molecule has 2 N–H and O–H groups in total. The number of aromatic nitrogens is 1. The van der Waals surface area contributed by atoms with E-state index < -0.39 is 0 Å². The minimum atomic E-state index is 0.488. The highest BCUT2D eigenvalue weighted by atomic mass is 16.5. The first-order valence-electron chi connectivity index (χ1n) is 6.17. The van der Waals surface area contributed by atoms with Crippen molar-refractivity contribution in [2.45, 2.75) is 26.0 Å². The Morgan fingerprint density at radius 1 is 1.53 bits per heavy atom. The van der Waals surface area contributed by atoms with Gasteiger partial charge in [0.1, 0.15) is 6.61 Å². The van der Waals surface area contributed by atoms with Crippen LogP contribution in [0, 0.1) is 5.92 Å². The molecule has 2 heterocycles. The van der Waals surface area contributed by atoms with Crippen LogP contribution >= 0.6 is 0 Å². The van der Waals surface area contributed by atoms with E-state index in [4.69, 9.17) is 15.0 Å². The summed E-state index contributed by atoms with van der Waals surface area (Å²) < 4.78 is 10.2. The number of rotatable bonds is 5. The van der Waals surface area contributed by atoms with Gasteiger partial charge in [0.25, 0.3) is 0 Å². The van der Waals surface area contributed by atoms with Crippen LogP contribution in [0.1, 0.15) is 24.3 Å². The van der Waals surface area contributed by atoms with Gasteiger partial charge in [0.2, 0.25) is 0 Å². The number of piperidine rings is 1. The SMILES string of the molecule is COCc1cc(CN2CCC(CN)CC2)no1. The van der Waals surface area contributed by atoms with Crippen LogP contribution in [0.4, 0.5) is 0 Å². The molecule has 5 heteroatoms. The van der Waals surface area contributed by atoms with Crippen LogP contribution in [0.2, 0.25) is 0 Å². The minimum Gasteiger partial charge on any atom is -0.377 e. The normalized spacial score (nSPS) is 18.7. The van der Waals surface area contributed by atoms with Gasteiger partial charge in [-0.3, -0.25) is 4.90 Å². The van der Waals surface area contributed by atoms with E-state index in [2.05, 4.69) is 10.1 Å². The molecule has 0 amide bonds. The van der Waals surface area contributed by atoms with Crippen LogP contribution in [0.25, 0.3) is 0 Å². The van der Waals surface area contributed by atoms with Crippen LogP contribution in [0.15, 0.2) is 10.6 Å². The Balaban J connectivity index is 1.80. The summed E-state index contributed by atoms with van der Waals surface area (Å²) >= 11 is 0. The van der Waals surface area contributed by atoms with E-state index >= 15 is 0 Å². The third kappa shape index (κ3) is 3.52. The second kappa shape index (κ2) is 6.14. The molecule has 1 aliphatic rings. The Hall–Kier alpha value is -0.910. The fourth-order valence-corrected chi connectivity index (χ4v) is 2.25. The van der Waals surface area contributed by atoms with Gasteiger partial charge in [0, 0.05) is 19.7 Å². The first-order chi connectivity index (χ1) is 8.31. The van der Waals surface area contributed by atoms with Gasteiger partial charge in [-0.15, -0.1) is 0 Å². The van der Waals surface area contributed by atoms with Crippen LogP contribution in [-0.2, 0) is 17.9 Å². The molecule has 5 nitrogen and oxygen atoms in total. The predicted molar refractivity (Wildman–Crippen MR) is 64.3 cm³/mol. The summed E-state index contributed by atoms with van der Waals surface area (Å²) in [6, 6.07) is 1.97. The van der Waals surface area contributed by atoms with Crippen molar-refractivity contribution in [3.63, 3.8) is 0 Å². The van der Waals surface area contributed by atoms with Gasteiger partial charge in [-0.1, -0.05) is 5.16 Å². The highest BCUT2D eigenvalue weighted by Crippen LogP contribution is 2.18. The number of ether oxygens (including phenoxy) is 1. The second-order valence-electron chi connectivity index (χ2n) is 4.67. The van der Waals surface area contributed by atoms with Crippen LogP contribution in [0.3, 0.4) is 0 Å². The Morgan fingerprint density at radius 3 is 2.94 bits per heavy atom. The highest BCUT2D eigenvalue weighted by molar-refractivity contribution is 5.04. The van der Waals surface area contributed by atoms with E-state index in [1.807, 2.05) is 6.07 Å². The standard InChI is InChI=1S/C12H21N3O2/c1-16-9-12-6-11(14-17-12)8-15-4-2-10(7-13)3-5-15/h6,10H,2-5,7-9,13H2,1H3. The molecular weight excluding hydrogens is 218 g/mol. The van der Waals surface area contributed by atoms with Crippen molar-refractivity contribution in [3.05, 3.63) is 17.5 Å². The summed E-state index contributed by atoms with van der Waals surface area (Å²) in [5.41, 5.74) is 6.67. The van der Waals surface area contributed by atoms with Gasteiger partial charge in [-0.2, -0.15) is 0 Å². The zero-order valence-electron chi connectivity index (χ0n) is 10.4. The fraction of sp³-hybridized carbons (Fsp3) is 0.750. The van der Waals surface area contributed by atoms with Gasteiger partial charge in [0.05, 0.1) is 5.69 Å². The van der Waals surface area contributed by atoms with Crippen molar-refractivity contribution in [1.82, 2.24) is 10.1 Å². The number of likely N-dealkylation sites (tertiary alicyclic amines) is 1. The van der Waals surface area contributed by atoms with Gasteiger partial charge < -0.3 is 15.0 Å². The smallest absolute Gasteiger partial charge is 0.162 e. The lowest BCUT2D eigenvalue weighted by Crippen LogP contribution is -2.35. The molecule has 17 heavy (non-hydrogen) atoms. The molecule has 0 atom stereocenters. The Labute approximate surface area is 102 Å². The molecular formula is C12H21N3O2. The summed E-state index contributed by atoms with van der Waals surface area (Å²) in [5, 5.41) is 4.05. The van der Waals surface area contributed by atoms with Crippen LogP contribution in [-0.4, -0.2) is 36.8 Å². The van der Waals surface area contributed by atoms with Crippen LogP contribution < -0.4 is 5.73 Å². The Bertz CT molecular complexity index is 332. The molecule has 0 bridgehead atoms. The third-order valence-corrected chi connectivity index (χ3v) is 3.32. The van der Waals surface area contributed by atoms with Gasteiger partial charge in [-0.25, -0.2) is 0 Å². The molecule has 0 spiro atoms.